The Kier molecular flexibility index (Phi) is 5.90. The Balaban J connectivity index is 1.17. The van der Waals surface area contributed by atoms with Crippen LogP contribution in [0.4, 0.5) is 4.39 Å². The molecule has 3 N–H and O–H groups in total. The zero-order chi connectivity index (χ0) is 22.1. The highest BCUT2D eigenvalue weighted by Gasteiger charge is 2.69. The molecule has 0 heterocycles. The molecular formula is C23H24ClFN2O4. The molecule has 5 rings (SSSR count). The molecule has 164 valence electrons. The van der Waals surface area contributed by atoms with Gasteiger partial charge in [-0.2, -0.15) is 0 Å². The van der Waals surface area contributed by atoms with Crippen LogP contribution in [0, 0.1) is 5.82 Å². The molecule has 1 unspecified atom stereocenters. The maximum Gasteiger partial charge on any atom is 0.258 e. The number of hydrogen-bond donors (Lipinski definition) is 3. The Morgan fingerprint density at radius 1 is 1.10 bits per heavy atom. The molecule has 2 bridgehead atoms. The number of aliphatic hydroxyl groups excluding tert-OH is 1. The van der Waals surface area contributed by atoms with E-state index in [1.165, 1.54) is 12.1 Å². The number of halogens is 2. The number of carbonyl (C=O) groups excluding carboxylic acids is 2. The summed E-state index contributed by atoms with van der Waals surface area (Å²) in [5, 5.41) is 16.0. The topological polar surface area (TPSA) is 87.7 Å². The monoisotopic (exact) mass is 446 g/mol. The summed E-state index contributed by atoms with van der Waals surface area (Å²) in [6.07, 6.45) is 1.79. The lowest BCUT2D eigenvalue weighted by Crippen LogP contribution is -2.84. The van der Waals surface area contributed by atoms with Crippen LogP contribution >= 0.6 is 11.6 Å². The van der Waals surface area contributed by atoms with Gasteiger partial charge >= 0.3 is 0 Å². The standard InChI is InChI=1S/C23H24ClFN2O4/c24-17-8-7-16(10-18(17)25)31-11-20(29)26-22-12-23(13-22,14-22)27-21(30)19(28)9-6-15-4-2-1-3-5-15/h1-5,7-8,10,19,28H,6,9,11-14H2,(H,26,29)(H,27,30). The SMILES string of the molecule is O=C(COc1ccc(Cl)c(F)c1)NC12CC(NC(=O)C(O)CCc3ccccc3)(C1)C2. The van der Waals surface area contributed by atoms with E-state index >= 15 is 0 Å². The molecule has 0 radical (unpaired) electrons. The van der Waals surface area contributed by atoms with Gasteiger partial charge in [-0.25, -0.2) is 4.39 Å². The van der Waals surface area contributed by atoms with E-state index in [1.807, 2.05) is 30.3 Å². The highest BCUT2D eigenvalue weighted by atomic mass is 35.5. The molecule has 3 aliphatic rings. The van der Waals surface area contributed by atoms with Crippen molar-refractivity contribution >= 4 is 23.4 Å². The van der Waals surface area contributed by atoms with Gasteiger partial charge in [-0.3, -0.25) is 9.59 Å². The van der Waals surface area contributed by atoms with Crippen molar-refractivity contribution in [2.75, 3.05) is 6.61 Å². The van der Waals surface area contributed by atoms with E-state index in [9.17, 15) is 19.1 Å². The van der Waals surface area contributed by atoms with Gasteiger partial charge in [-0.1, -0.05) is 41.9 Å². The number of benzene rings is 2. The van der Waals surface area contributed by atoms with E-state index in [-0.39, 0.29) is 40.3 Å². The van der Waals surface area contributed by atoms with Crippen molar-refractivity contribution in [2.45, 2.75) is 49.3 Å². The van der Waals surface area contributed by atoms with Crippen LogP contribution in [-0.2, 0) is 16.0 Å². The molecule has 2 amide bonds. The number of ether oxygens (including phenoxy) is 1. The smallest absolute Gasteiger partial charge is 0.258 e. The minimum absolute atomic E-state index is 0.0109. The molecule has 0 aliphatic heterocycles. The third-order valence-electron chi connectivity index (χ3n) is 5.94. The Morgan fingerprint density at radius 3 is 2.45 bits per heavy atom. The second-order valence-corrected chi connectivity index (χ2v) is 8.94. The lowest BCUT2D eigenvalue weighted by atomic mass is 9.44. The fourth-order valence-corrected chi connectivity index (χ4v) is 4.64. The normalized spacial score (nSPS) is 24.4. The summed E-state index contributed by atoms with van der Waals surface area (Å²) in [5.74, 6) is -1.06. The molecular weight excluding hydrogens is 423 g/mol. The van der Waals surface area contributed by atoms with Gasteiger partial charge in [0.25, 0.3) is 5.91 Å². The Hall–Kier alpha value is -2.64. The fourth-order valence-electron chi connectivity index (χ4n) is 4.52. The van der Waals surface area contributed by atoms with Crippen molar-refractivity contribution < 1.29 is 23.8 Å². The van der Waals surface area contributed by atoms with Crippen molar-refractivity contribution in [1.29, 1.82) is 0 Å². The van der Waals surface area contributed by atoms with Crippen LogP contribution in [-0.4, -0.2) is 40.7 Å². The Morgan fingerprint density at radius 2 is 1.77 bits per heavy atom. The molecule has 1 atom stereocenters. The van der Waals surface area contributed by atoms with Gasteiger partial charge in [0, 0.05) is 17.1 Å². The van der Waals surface area contributed by atoms with Crippen LogP contribution in [0.5, 0.6) is 5.75 Å². The van der Waals surface area contributed by atoms with Gasteiger partial charge in [0.1, 0.15) is 17.7 Å². The Bertz CT molecular complexity index is 965. The molecule has 2 aromatic carbocycles. The first-order chi connectivity index (χ1) is 14.8. The molecule has 0 aromatic heterocycles. The number of aliphatic hydroxyl groups is 1. The predicted molar refractivity (Wildman–Crippen MR) is 113 cm³/mol. The maximum absolute atomic E-state index is 13.4. The zero-order valence-corrected chi connectivity index (χ0v) is 17.6. The molecule has 3 aliphatic carbocycles. The van der Waals surface area contributed by atoms with Crippen molar-refractivity contribution in [3.8, 4) is 5.75 Å². The second-order valence-electron chi connectivity index (χ2n) is 8.53. The summed E-state index contributed by atoms with van der Waals surface area (Å²) in [5.41, 5.74) is 0.386. The number of nitrogens with one attached hydrogen (secondary N) is 2. The molecule has 0 saturated heterocycles. The minimum atomic E-state index is -1.06. The van der Waals surface area contributed by atoms with Crippen LogP contribution < -0.4 is 15.4 Å². The lowest BCUT2D eigenvalue weighted by molar-refractivity contribution is -0.154. The predicted octanol–water partition coefficient (Wildman–Crippen LogP) is 2.76. The summed E-state index contributed by atoms with van der Waals surface area (Å²) < 4.78 is 18.7. The van der Waals surface area contributed by atoms with Crippen LogP contribution in [0.1, 0.15) is 31.2 Å². The summed E-state index contributed by atoms with van der Waals surface area (Å²) in [4.78, 5) is 24.5. The first kappa shape index (κ1) is 21.6. The summed E-state index contributed by atoms with van der Waals surface area (Å²) in [7, 11) is 0. The van der Waals surface area contributed by atoms with Crippen LogP contribution in [0.3, 0.4) is 0 Å². The average molecular weight is 447 g/mol. The highest BCUT2D eigenvalue weighted by molar-refractivity contribution is 6.30. The van der Waals surface area contributed by atoms with Crippen LogP contribution in [0.2, 0.25) is 5.02 Å². The van der Waals surface area contributed by atoms with Crippen LogP contribution in [0.25, 0.3) is 0 Å². The first-order valence-corrected chi connectivity index (χ1v) is 10.6. The quantitative estimate of drug-likeness (QED) is 0.552. The summed E-state index contributed by atoms with van der Waals surface area (Å²) in [6, 6.07) is 13.7. The van der Waals surface area contributed by atoms with Gasteiger partial charge in [0.05, 0.1) is 5.02 Å². The molecule has 3 fully saturated rings. The third kappa shape index (κ3) is 4.83. The second kappa shape index (κ2) is 8.48. The zero-order valence-electron chi connectivity index (χ0n) is 16.9. The van der Waals surface area contributed by atoms with E-state index < -0.39 is 11.9 Å². The largest absolute Gasteiger partial charge is 0.484 e. The molecule has 0 spiro atoms. The lowest BCUT2D eigenvalue weighted by Gasteiger charge is -2.70. The van der Waals surface area contributed by atoms with Gasteiger partial charge in [-0.05, 0) is 49.8 Å². The summed E-state index contributed by atoms with van der Waals surface area (Å²) >= 11 is 5.62. The minimum Gasteiger partial charge on any atom is -0.484 e. The van der Waals surface area contributed by atoms with E-state index in [4.69, 9.17) is 16.3 Å². The number of amides is 2. The first-order valence-electron chi connectivity index (χ1n) is 10.2. The van der Waals surface area contributed by atoms with Gasteiger partial charge in [-0.15, -0.1) is 0 Å². The van der Waals surface area contributed by atoms with Gasteiger partial charge in [0.15, 0.2) is 6.61 Å². The molecule has 3 saturated carbocycles. The van der Waals surface area contributed by atoms with E-state index in [1.54, 1.807) is 0 Å². The number of carbonyl (C=O) groups is 2. The summed E-state index contributed by atoms with van der Waals surface area (Å²) in [6.45, 7) is -0.236. The van der Waals surface area contributed by atoms with Gasteiger partial charge in [0.2, 0.25) is 5.91 Å². The van der Waals surface area contributed by atoms with Crippen molar-refractivity contribution in [2.24, 2.45) is 0 Å². The number of hydrogen-bond acceptors (Lipinski definition) is 4. The van der Waals surface area contributed by atoms with Crippen LogP contribution in [0.15, 0.2) is 48.5 Å². The maximum atomic E-state index is 13.4. The van der Waals surface area contributed by atoms with E-state index in [0.29, 0.717) is 32.1 Å². The third-order valence-corrected chi connectivity index (χ3v) is 6.24. The van der Waals surface area contributed by atoms with E-state index in [2.05, 4.69) is 10.6 Å². The van der Waals surface area contributed by atoms with E-state index in [0.717, 1.165) is 11.6 Å². The average Bonchev–Trinajstić information content (AvgIpc) is 2.71. The molecule has 31 heavy (non-hydrogen) atoms. The van der Waals surface area contributed by atoms with Crippen molar-refractivity contribution in [1.82, 2.24) is 10.6 Å². The molecule has 2 aromatic rings. The number of aryl methyl sites for hydroxylation is 1. The van der Waals surface area contributed by atoms with Gasteiger partial charge < -0.3 is 20.5 Å². The number of rotatable bonds is 9. The molecule has 8 heteroatoms. The fraction of sp³-hybridized carbons (Fsp3) is 0.391. The molecule has 6 nitrogen and oxygen atoms in total. The Labute approximate surface area is 184 Å². The highest BCUT2D eigenvalue weighted by Crippen LogP contribution is 2.60. The van der Waals surface area contributed by atoms with Crippen molar-refractivity contribution in [3.63, 3.8) is 0 Å². The van der Waals surface area contributed by atoms with Crippen molar-refractivity contribution in [3.05, 3.63) is 64.9 Å².